The van der Waals surface area contributed by atoms with Crippen molar-refractivity contribution in [1.29, 1.82) is 0 Å². The first-order chi connectivity index (χ1) is 8.58. The van der Waals surface area contributed by atoms with Crippen molar-refractivity contribution < 1.29 is 4.79 Å². The maximum absolute atomic E-state index is 11.8. The molecule has 98 valence electrons. The molecule has 0 aliphatic rings. The van der Waals surface area contributed by atoms with Crippen molar-refractivity contribution >= 4 is 12.0 Å². The SMILES string of the molecule is CCN(CC)C(=O)/C=C/c1ccc(C(C)C)cc1. The van der Waals surface area contributed by atoms with Gasteiger partial charge in [-0.1, -0.05) is 38.1 Å². The second-order valence-corrected chi connectivity index (χ2v) is 4.67. The highest BCUT2D eigenvalue weighted by molar-refractivity contribution is 5.91. The van der Waals surface area contributed by atoms with Gasteiger partial charge in [0.05, 0.1) is 0 Å². The topological polar surface area (TPSA) is 20.3 Å². The standard InChI is InChI=1S/C16H23NO/c1-5-17(6-2)16(18)12-9-14-7-10-15(11-8-14)13(3)4/h7-13H,5-6H2,1-4H3/b12-9+. The Morgan fingerprint density at radius 3 is 2.17 bits per heavy atom. The first kappa shape index (κ1) is 14.5. The van der Waals surface area contributed by atoms with Gasteiger partial charge in [0.1, 0.15) is 0 Å². The van der Waals surface area contributed by atoms with Crippen molar-refractivity contribution in [3.63, 3.8) is 0 Å². The number of hydrogen-bond donors (Lipinski definition) is 0. The third-order valence-electron chi connectivity index (χ3n) is 3.10. The number of carbonyl (C=O) groups is 1. The van der Waals surface area contributed by atoms with Crippen LogP contribution in [-0.4, -0.2) is 23.9 Å². The number of carbonyl (C=O) groups excluding carboxylic acids is 1. The molecule has 0 aliphatic carbocycles. The van der Waals surface area contributed by atoms with E-state index in [1.165, 1.54) is 5.56 Å². The average Bonchev–Trinajstić information content (AvgIpc) is 2.38. The summed E-state index contributed by atoms with van der Waals surface area (Å²) in [5.74, 6) is 0.619. The van der Waals surface area contributed by atoms with E-state index in [1.54, 1.807) is 11.0 Å². The molecule has 0 heterocycles. The second kappa shape index (κ2) is 7.00. The minimum atomic E-state index is 0.0768. The summed E-state index contributed by atoms with van der Waals surface area (Å²) in [5.41, 5.74) is 2.39. The number of nitrogens with zero attached hydrogens (tertiary/aromatic N) is 1. The molecular formula is C16H23NO. The first-order valence-electron chi connectivity index (χ1n) is 6.65. The van der Waals surface area contributed by atoms with E-state index in [0.29, 0.717) is 5.92 Å². The normalized spacial score (nSPS) is 11.2. The van der Waals surface area contributed by atoms with Gasteiger partial charge in [0.2, 0.25) is 5.91 Å². The van der Waals surface area contributed by atoms with Crippen LogP contribution in [0, 0.1) is 0 Å². The molecule has 0 N–H and O–H groups in total. The zero-order chi connectivity index (χ0) is 13.5. The van der Waals surface area contributed by atoms with Crippen LogP contribution in [-0.2, 0) is 4.79 Å². The minimum Gasteiger partial charge on any atom is -0.340 e. The Morgan fingerprint density at radius 2 is 1.72 bits per heavy atom. The number of likely N-dealkylation sites (N-methyl/N-ethyl adjacent to an activating group) is 1. The summed E-state index contributed by atoms with van der Waals surface area (Å²) in [4.78, 5) is 13.6. The summed E-state index contributed by atoms with van der Waals surface area (Å²) in [5, 5.41) is 0. The zero-order valence-electron chi connectivity index (χ0n) is 11.8. The highest BCUT2D eigenvalue weighted by atomic mass is 16.2. The summed E-state index contributed by atoms with van der Waals surface area (Å²) in [6.07, 6.45) is 3.53. The molecule has 0 spiro atoms. The molecule has 0 unspecified atom stereocenters. The number of amides is 1. The maximum Gasteiger partial charge on any atom is 0.246 e. The number of rotatable bonds is 5. The van der Waals surface area contributed by atoms with E-state index in [4.69, 9.17) is 0 Å². The van der Waals surface area contributed by atoms with Gasteiger partial charge in [0, 0.05) is 19.2 Å². The zero-order valence-corrected chi connectivity index (χ0v) is 11.8. The molecule has 0 bridgehead atoms. The van der Waals surface area contributed by atoms with E-state index in [2.05, 4.69) is 38.1 Å². The van der Waals surface area contributed by atoms with Gasteiger partial charge in [0.25, 0.3) is 0 Å². The van der Waals surface area contributed by atoms with Crippen molar-refractivity contribution in [3.05, 3.63) is 41.5 Å². The number of benzene rings is 1. The monoisotopic (exact) mass is 245 g/mol. The summed E-state index contributed by atoms with van der Waals surface area (Å²) >= 11 is 0. The van der Waals surface area contributed by atoms with Gasteiger partial charge in [-0.25, -0.2) is 0 Å². The predicted octanol–water partition coefficient (Wildman–Crippen LogP) is 3.69. The Bertz CT molecular complexity index is 400. The van der Waals surface area contributed by atoms with Crippen LogP contribution in [0.15, 0.2) is 30.3 Å². The lowest BCUT2D eigenvalue weighted by Crippen LogP contribution is -2.28. The van der Waals surface area contributed by atoms with Crippen LogP contribution in [0.4, 0.5) is 0 Å². The average molecular weight is 245 g/mol. The van der Waals surface area contributed by atoms with Crippen LogP contribution in [0.3, 0.4) is 0 Å². The van der Waals surface area contributed by atoms with E-state index >= 15 is 0 Å². The summed E-state index contributed by atoms with van der Waals surface area (Å²) < 4.78 is 0. The Morgan fingerprint density at radius 1 is 1.17 bits per heavy atom. The van der Waals surface area contributed by atoms with Gasteiger partial charge in [-0.05, 0) is 37.0 Å². The summed E-state index contributed by atoms with van der Waals surface area (Å²) in [7, 11) is 0. The molecule has 0 aromatic heterocycles. The van der Waals surface area contributed by atoms with Crippen molar-refractivity contribution in [2.75, 3.05) is 13.1 Å². The van der Waals surface area contributed by atoms with E-state index in [9.17, 15) is 4.79 Å². The molecule has 1 rings (SSSR count). The fourth-order valence-corrected chi connectivity index (χ4v) is 1.80. The second-order valence-electron chi connectivity index (χ2n) is 4.67. The van der Waals surface area contributed by atoms with E-state index < -0.39 is 0 Å². The van der Waals surface area contributed by atoms with Crippen molar-refractivity contribution in [2.24, 2.45) is 0 Å². The smallest absolute Gasteiger partial charge is 0.246 e. The van der Waals surface area contributed by atoms with Gasteiger partial charge in [-0.2, -0.15) is 0 Å². The summed E-state index contributed by atoms with van der Waals surface area (Å²) in [6.45, 7) is 9.85. The van der Waals surface area contributed by atoms with Crippen LogP contribution < -0.4 is 0 Å². The van der Waals surface area contributed by atoms with Gasteiger partial charge >= 0.3 is 0 Å². The molecule has 2 heteroatoms. The molecule has 0 aliphatic heterocycles. The molecule has 0 saturated heterocycles. The lowest BCUT2D eigenvalue weighted by molar-refractivity contribution is -0.125. The van der Waals surface area contributed by atoms with Crippen molar-refractivity contribution in [3.8, 4) is 0 Å². The quantitative estimate of drug-likeness (QED) is 0.724. The molecule has 1 amide bonds. The molecular weight excluding hydrogens is 222 g/mol. The highest BCUT2D eigenvalue weighted by Gasteiger charge is 2.04. The molecule has 0 atom stereocenters. The van der Waals surface area contributed by atoms with Crippen molar-refractivity contribution in [2.45, 2.75) is 33.6 Å². The fraction of sp³-hybridized carbons (Fsp3) is 0.438. The molecule has 2 nitrogen and oxygen atoms in total. The minimum absolute atomic E-state index is 0.0768. The Kier molecular flexibility index (Phi) is 5.63. The molecule has 1 aromatic rings. The first-order valence-corrected chi connectivity index (χ1v) is 6.65. The third-order valence-corrected chi connectivity index (χ3v) is 3.10. The van der Waals surface area contributed by atoms with Gasteiger partial charge in [-0.15, -0.1) is 0 Å². The highest BCUT2D eigenvalue weighted by Crippen LogP contribution is 2.15. The van der Waals surface area contributed by atoms with Crippen LogP contribution in [0.5, 0.6) is 0 Å². The van der Waals surface area contributed by atoms with Gasteiger partial charge in [0.15, 0.2) is 0 Å². The molecule has 0 saturated carbocycles. The van der Waals surface area contributed by atoms with Crippen LogP contribution in [0.1, 0.15) is 44.7 Å². The van der Waals surface area contributed by atoms with Crippen LogP contribution in [0.2, 0.25) is 0 Å². The third kappa shape index (κ3) is 4.02. The van der Waals surface area contributed by atoms with E-state index in [0.717, 1.165) is 18.7 Å². The molecule has 0 fully saturated rings. The lowest BCUT2D eigenvalue weighted by atomic mass is 10.0. The van der Waals surface area contributed by atoms with Crippen LogP contribution in [0.25, 0.3) is 6.08 Å². The lowest BCUT2D eigenvalue weighted by Gasteiger charge is -2.15. The molecule has 1 aromatic carbocycles. The van der Waals surface area contributed by atoms with E-state index in [-0.39, 0.29) is 5.91 Å². The maximum atomic E-state index is 11.8. The van der Waals surface area contributed by atoms with E-state index in [1.807, 2.05) is 19.9 Å². The number of hydrogen-bond acceptors (Lipinski definition) is 1. The Balaban J connectivity index is 2.69. The van der Waals surface area contributed by atoms with Crippen LogP contribution >= 0.6 is 0 Å². The Hall–Kier alpha value is -1.57. The summed E-state index contributed by atoms with van der Waals surface area (Å²) in [6, 6.07) is 8.35. The molecule has 0 radical (unpaired) electrons. The molecule has 18 heavy (non-hydrogen) atoms. The van der Waals surface area contributed by atoms with Gasteiger partial charge < -0.3 is 4.90 Å². The Labute approximate surface area is 110 Å². The largest absolute Gasteiger partial charge is 0.340 e. The van der Waals surface area contributed by atoms with Crippen molar-refractivity contribution in [1.82, 2.24) is 4.90 Å². The fourth-order valence-electron chi connectivity index (χ4n) is 1.80. The predicted molar refractivity (Wildman–Crippen MR) is 77.5 cm³/mol. The van der Waals surface area contributed by atoms with Gasteiger partial charge in [-0.3, -0.25) is 4.79 Å².